The molecule has 10 heteroatoms. The van der Waals surface area contributed by atoms with Crippen molar-refractivity contribution in [3.8, 4) is 0 Å². The lowest BCUT2D eigenvalue weighted by Gasteiger charge is -2.25. The van der Waals surface area contributed by atoms with Gasteiger partial charge in [0.25, 0.3) is 0 Å². The number of carbonyl (C=O) groups is 1. The van der Waals surface area contributed by atoms with Crippen molar-refractivity contribution in [3.05, 3.63) is 34.5 Å². The summed E-state index contributed by atoms with van der Waals surface area (Å²) in [5.41, 5.74) is 0.0273. The molecule has 0 bridgehead atoms. The van der Waals surface area contributed by atoms with E-state index in [1.807, 2.05) is 18.2 Å². The minimum atomic E-state index is -1.84. The van der Waals surface area contributed by atoms with E-state index in [4.69, 9.17) is 9.15 Å². The van der Waals surface area contributed by atoms with Gasteiger partial charge >= 0.3 is 13.2 Å². The molecule has 1 atom stereocenters. The predicted octanol–water partition coefficient (Wildman–Crippen LogP) is 0.928. The molecule has 2 aromatic rings. The van der Waals surface area contributed by atoms with E-state index < -0.39 is 18.8 Å². The smallest absolute Gasteiger partial charge is 0.443 e. The van der Waals surface area contributed by atoms with Crippen molar-refractivity contribution in [1.29, 1.82) is 0 Å². The number of carbonyl (C=O) groups excluding carboxylic acids is 1. The maximum Gasteiger partial charge on any atom is 0.506 e. The molecule has 3 heterocycles. The Balaban J connectivity index is 1.71. The van der Waals surface area contributed by atoms with E-state index in [0.717, 1.165) is 25.0 Å². The third-order valence-corrected chi connectivity index (χ3v) is 5.83. The molecule has 4 rings (SSSR count). The second-order valence-corrected chi connectivity index (χ2v) is 9.78. The van der Waals surface area contributed by atoms with Crippen LogP contribution in [0.25, 0.3) is 17.7 Å². The van der Waals surface area contributed by atoms with Gasteiger partial charge in [0, 0.05) is 16.8 Å². The molecule has 0 amide bonds. The standard InChI is InChI=1S/C23H31BN4O5/c1-14(2)27-11-7-10-18(27)21-26-25-20(32-21)15-8-6-9-17-16(12-15)13-19(24(30)31)28(17)22(29)33-23(3,4)5/h8-9,12-14,18,30-31H,6-7,10-11H2,1-5H3. The van der Waals surface area contributed by atoms with Crippen molar-refractivity contribution in [3.63, 3.8) is 0 Å². The SMILES string of the molecule is CC(C)N1CCCC1c1nnc(C2=CCC=c3c(cc(B(O)O)n3C(=O)OC(C)(C)C)=C2)o1. The summed E-state index contributed by atoms with van der Waals surface area (Å²) in [5, 5.41) is 29.5. The van der Waals surface area contributed by atoms with Gasteiger partial charge in [-0.15, -0.1) is 10.2 Å². The molecule has 0 saturated carbocycles. The molecule has 0 spiro atoms. The quantitative estimate of drug-likeness (QED) is 0.656. The van der Waals surface area contributed by atoms with Crippen LogP contribution in [0, 0.1) is 0 Å². The first-order valence-corrected chi connectivity index (χ1v) is 11.4. The minimum absolute atomic E-state index is 0.0350. The zero-order valence-corrected chi connectivity index (χ0v) is 19.8. The highest BCUT2D eigenvalue weighted by atomic mass is 16.6. The summed E-state index contributed by atoms with van der Waals surface area (Å²) < 4.78 is 12.8. The third-order valence-electron chi connectivity index (χ3n) is 5.83. The van der Waals surface area contributed by atoms with Crippen LogP contribution in [-0.4, -0.2) is 61.1 Å². The van der Waals surface area contributed by atoms with Gasteiger partial charge in [0.2, 0.25) is 11.8 Å². The van der Waals surface area contributed by atoms with Gasteiger partial charge in [-0.3, -0.25) is 9.47 Å². The van der Waals surface area contributed by atoms with E-state index in [1.54, 1.807) is 26.8 Å². The van der Waals surface area contributed by atoms with E-state index in [-0.39, 0.29) is 11.6 Å². The predicted molar refractivity (Wildman–Crippen MR) is 125 cm³/mol. The Labute approximate surface area is 193 Å². The highest BCUT2D eigenvalue weighted by molar-refractivity contribution is 6.58. The Hall–Kier alpha value is -2.69. The Morgan fingerprint density at radius 1 is 1.27 bits per heavy atom. The van der Waals surface area contributed by atoms with Crippen molar-refractivity contribution < 1.29 is 24.0 Å². The van der Waals surface area contributed by atoms with Crippen LogP contribution in [0.1, 0.15) is 71.7 Å². The fourth-order valence-corrected chi connectivity index (χ4v) is 4.42. The summed E-state index contributed by atoms with van der Waals surface area (Å²) >= 11 is 0. The molecular formula is C23H31BN4O5. The number of nitrogens with zero attached hydrogens (tertiary/aromatic N) is 4. The van der Waals surface area contributed by atoms with Gasteiger partial charge in [0.1, 0.15) is 5.60 Å². The van der Waals surface area contributed by atoms with Crippen molar-refractivity contribution in [2.75, 3.05) is 6.54 Å². The summed E-state index contributed by atoms with van der Waals surface area (Å²) in [6, 6.07) is 2.07. The average Bonchev–Trinajstić information content (AvgIpc) is 3.41. The van der Waals surface area contributed by atoms with E-state index in [2.05, 4.69) is 28.9 Å². The monoisotopic (exact) mass is 454 g/mol. The Bertz CT molecular complexity index is 1190. The van der Waals surface area contributed by atoms with E-state index >= 15 is 0 Å². The molecule has 2 N–H and O–H groups in total. The molecule has 1 unspecified atom stereocenters. The van der Waals surface area contributed by atoms with Crippen LogP contribution in [0.3, 0.4) is 0 Å². The number of rotatable bonds is 4. The van der Waals surface area contributed by atoms with Crippen molar-refractivity contribution >= 4 is 36.5 Å². The van der Waals surface area contributed by atoms with Crippen LogP contribution in [0.4, 0.5) is 4.79 Å². The van der Waals surface area contributed by atoms with Gasteiger partial charge in [-0.2, -0.15) is 0 Å². The van der Waals surface area contributed by atoms with Crippen molar-refractivity contribution in [2.45, 2.75) is 71.6 Å². The molecule has 2 aromatic heterocycles. The minimum Gasteiger partial charge on any atom is -0.443 e. The lowest BCUT2D eigenvalue weighted by atomic mass is 9.86. The summed E-state index contributed by atoms with van der Waals surface area (Å²) in [6.07, 6.45) is 7.50. The van der Waals surface area contributed by atoms with E-state index in [0.29, 0.717) is 34.8 Å². The lowest BCUT2D eigenvalue weighted by Crippen LogP contribution is -2.46. The third kappa shape index (κ3) is 4.83. The molecule has 1 aliphatic carbocycles. The van der Waals surface area contributed by atoms with Gasteiger partial charge < -0.3 is 19.2 Å². The first kappa shape index (κ1) is 23.5. The van der Waals surface area contributed by atoms with E-state index in [1.165, 1.54) is 4.57 Å². The molecule has 1 fully saturated rings. The number of ether oxygens (including phenoxy) is 1. The molecule has 176 valence electrons. The van der Waals surface area contributed by atoms with Crippen LogP contribution < -0.4 is 16.2 Å². The number of hydrogen-bond donors (Lipinski definition) is 2. The zero-order valence-electron chi connectivity index (χ0n) is 19.8. The lowest BCUT2D eigenvalue weighted by molar-refractivity contribution is 0.0536. The summed E-state index contributed by atoms with van der Waals surface area (Å²) in [5.74, 6) is 1.01. The number of fused-ring (bicyclic) bond motifs is 1. The van der Waals surface area contributed by atoms with Gasteiger partial charge in [0.05, 0.1) is 17.0 Å². The highest BCUT2D eigenvalue weighted by Crippen LogP contribution is 2.33. The number of hydrogen-bond acceptors (Lipinski definition) is 8. The topological polar surface area (TPSA) is 114 Å². The first-order chi connectivity index (χ1) is 15.5. The van der Waals surface area contributed by atoms with Crippen LogP contribution >= 0.6 is 0 Å². The highest BCUT2D eigenvalue weighted by Gasteiger charge is 2.32. The van der Waals surface area contributed by atoms with Crippen molar-refractivity contribution in [1.82, 2.24) is 19.7 Å². The molecule has 0 aromatic carbocycles. The normalized spacial score (nSPS) is 18.9. The van der Waals surface area contributed by atoms with Crippen LogP contribution in [-0.2, 0) is 4.74 Å². The molecule has 9 nitrogen and oxygen atoms in total. The van der Waals surface area contributed by atoms with Crippen LogP contribution in [0.2, 0.25) is 0 Å². The molecule has 2 aliphatic rings. The summed E-state index contributed by atoms with van der Waals surface area (Å²) in [6.45, 7) is 10.6. The summed E-state index contributed by atoms with van der Waals surface area (Å²) in [7, 11) is -1.84. The number of aromatic nitrogens is 3. The first-order valence-electron chi connectivity index (χ1n) is 11.4. The van der Waals surface area contributed by atoms with Crippen molar-refractivity contribution in [2.24, 2.45) is 0 Å². The average molecular weight is 454 g/mol. The van der Waals surface area contributed by atoms with E-state index in [9.17, 15) is 14.8 Å². The Kier molecular flexibility index (Phi) is 6.35. The zero-order chi connectivity index (χ0) is 23.9. The maximum atomic E-state index is 12.8. The van der Waals surface area contributed by atoms with Gasteiger partial charge in [0.15, 0.2) is 0 Å². The number of likely N-dealkylation sites (tertiary alicyclic amines) is 1. The summed E-state index contributed by atoms with van der Waals surface area (Å²) in [4.78, 5) is 15.2. The molecule has 1 saturated heterocycles. The van der Waals surface area contributed by atoms with Crippen LogP contribution in [0.15, 0.2) is 16.6 Å². The molecule has 33 heavy (non-hydrogen) atoms. The molecular weight excluding hydrogens is 423 g/mol. The second-order valence-electron chi connectivity index (χ2n) is 9.78. The van der Waals surface area contributed by atoms with Gasteiger partial charge in [-0.1, -0.05) is 12.2 Å². The van der Waals surface area contributed by atoms with Gasteiger partial charge in [-0.25, -0.2) is 4.79 Å². The maximum absolute atomic E-state index is 12.8. The Morgan fingerprint density at radius 2 is 2.03 bits per heavy atom. The fourth-order valence-electron chi connectivity index (χ4n) is 4.42. The largest absolute Gasteiger partial charge is 0.506 e. The Morgan fingerprint density at radius 3 is 2.70 bits per heavy atom. The molecule has 0 radical (unpaired) electrons. The number of allylic oxidation sites excluding steroid dienone is 2. The second kappa shape index (κ2) is 8.93. The fraction of sp³-hybridized carbons (Fsp3) is 0.522. The molecule has 1 aliphatic heterocycles. The van der Waals surface area contributed by atoms with Crippen LogP contribution in [0.5, 0.6) is 0 Å². The van der Waals surface area contributed by atoms with Gasteiger partial charge in [-0.05, 0) is 72.6 Å².